The first kappa shape index (κ1) is 19.8. The Morgan fingerprint density at radius 1 is 1.11 bits per heavy atom. The van der Waals surface area contributed by atoms with E-state index in [4.69, 9.17) is 5.14 Å². The number of benzene rings is 1. The number of nitrogens with one attached hydrogen (secondary N) is 1. The van der Waals surface area contributed by atoms with Crippen LogP contribution in [0, 0.1) is 22.0 Å². The molecular formula is C18H26N4O4S. The number of nitro benzene ring substituents is 1. The molecule has 9 heteroatoms. The van der Waals surface area contributed by atoms with Gasteiger partial charge in [-0.1, -0.05) is 25.7 Å². The third-order valence-electron chi connectivity index (χ3n) is 5.66. The van der Waals surface area contributed by atoms with E-state index in [0.717, 1.165) is 31.0 Å². The van der Waals surface area contributed by atoms with Crippen LogP contribution in [0.3, 0.4) is 0 Å². The summed E-state index contributed by atoms with van der Waals surface area (Å²) in [5, 5.41) is 20.9. The fourth-order valence-electron chi connectivity index (χ4n) is 4.27. The van der Waals surface area contributed by atoms with Gasteiger partial charge >= 0.3 is 0 Å². The maximum atomic E-state index is 11.4. The van der Waals surface area contributed by atoms with Gasteiger partial charge in [0, 0.05) is 17.7 Å². The van der Waals surface area contributed by atoms with Gasteiger partial charge in [-0.2, -0.15) is 5.10 Å². The maximum Gasteiger partial charge on any atom is 0.295 e. The molecule has 0 radical (unpaired) electrons. The Morgan fingerprint density at radius 2 is 1.81 bits per heavy atom. The Hall–Kier alpha value is -2.00. The minimum atomic E-state index is -4.00. The lowest BCUT2D eigenvalue weighted by Gasteiger charge is -2.34. The zero-order valence-electron chi connectivity index (χ0n) is 15.3. The number of hydrazone groups is 1. The monoisotopic (exact) mass is 394 g/mol. The van der Waals surface area contributed by atoms with Crippen LogP contribution < -0.4 is 10.6 Å². The normalized spacial score (nSPS) is 23.3. The summed E-state index contributed by atoms with van der Waals surface area (Å²) < 4.78 is 22.9. The van der Waals surface area contributed by atoms with E-state index in [-0.39, 0.29) is 16.3 Å². The van der Waals surface area contributed by atoms with Crippen LogP contribution in [0.25, 0.3) is 0 Å². The highest BCUT2D eigenvalue weighted by Crippen LogP contribution is 2.37. The summed E-state index contributed by atoms with van der Waals surface area (Å²) in [6.07, 6.45) is 10.6. The molecule has 0 unspecified atom stereocenters. The van der Waals surface area contributed by atoms with Crippen LogP contribution in [0.4, 0.5) is 11.4 Å². The van der Waals surface area contributed by atoms with Gasteiger partial charge < -0.3 is 0 Å². The average Bonchev–Trinajstić information content (AvgIpc) is 2.66. The highest BCUT2D eigenvalue weighted by atomic mass is 32.2. The summed E-state index contributed by atoms with van der Waals surface area (Å²) in [7, 11) is -4.00. The van der Waals surface area contributed by atoms with Gasteiger partial charge in [0.05, 0.1) is 9.82 Å². The van der Waals surface area contributed by atoms with Crippen molar-refractivity contribution in [2.24, 2.45) is 22.1 Å². The third-order valence-corrected chi connectivity index (χ3v) is 6.57. The van der Waals surface area contributed by atoms with Crippen LogP contribution in [0.1, 0.15) is 57.8 Å². The van der Waals surface area contributed by atoms with Crippen molar-refractivity contribution >= 4 is 27.1 Å². The lowest BCUT2D eigenvalue weighted by molar-refractivity contribution is -0.384. The Balaban J connectivity index is 1.83. The molecule has 1 atom stereocenters. The first-order chi connectivity index (χ1) is 12.9. The van der Waals surface area contributed by atoms with Gasteiger partial charge in [0.25, 0.3) is 5.69 Å². The Labute approximate surface area is 159 Å². The molecule has 0 heterocycles. The number of hydrogen-bond donors (Lipinski definition) is 2. The van der Waals surface area contributed by atoms with E-state index >= 15 is 0 Å². The summed E-state index contributed by atoms with van der Waals surface area (Å²) in [5.41, 5.74) is 3.73. The molecule has 1 aromatic rings. The van der Waals surface area contributed by atoms with Gasteiger partial charge in [-0.05, 0) is 50.2 Å². The molecule has 2 aliphatic rings. The van der Waals surface area contributed by atoms with E-state index in [1.54, 1.807) is 0 Å². The Bertz CT molecular complexity index is 832. The predicted octanol–water partition coefficient (Wildman–Crippen LogP) is 3.78. The lowest BCUT2D eigenvalue weighted by atomic mass is 9.72. The number of nitro groups is 1. The van der Waals surface area contributed by atoms with E-state index < -0.39 is 14.9 Å². The molecule has 148 valence electrons. The fraction of sp³-hybridized carbons (Fsp3) is 0.611. The smallest absolute Gasteiger partial charge is 0.272 e. The van der Waals surface area contributed by atoms with Crippen molar-refractivity contribution < 1.29 is 13.3 Å². The molecule has 2 fully saturated rings. The fourth-order valence-corrected chi connectivity index (χ4v) is 4.81. The lowest BCUT2D eigenvalue weighted by Crippen LogP contribution is -2.29. The molecule has 0 aromatic heterocycles. The molecule has 3 N–H and O–H groups in total. The van der Waals surface area contributed by atoms with Crippen molar-refractivity contribution in [2.75, 3.05) is 5.43 Å². The third kappa shape index (κ3) is 4.84. The van der Waals surface area contributed by atoms with Gasteiger partial charge in [-0.15, -0.1) is 0 Å². The van der Waals surface area contributed by atoms with E-state index in [2.05, 4.69) is 10.5 Å². The summed E-state index contributed by atoms with van der Waals surface area (Å²) in [6, 6.07) is 3.57. The highest BCUT2D eigenvalue weighted by Gasteiger charge is 2.30. The quantitative estimate of drug-likeness (QED) is 0.580. The minimum absolute atomic E-state index is 0.174. The maximum absolute atomic E-state index is 11.4. The van der Waals surface area contributed by atoms with Crippen LogP contribution in [0.15, 0.2) is 28.2 Å². The van der Waals surface area contributed by atoms with Crippen molar-refractivity contribution in [3.8, 4) is 0 Å². The number of rotatable bonds is 5. The van der Waals surface area contributed by atoms with Crippen molar-refractivity contribution in [3.05, 3.63) is 28.3 Å². The highest BCUT2D eigenvalue weighted by molar-refractivity contribution is 7.89. The van der Waals surface area contributed by atoms with Crippen LogP contribution in [0.2, 0.25) is 0 Å². The average molecular weight is 394 g/mol. The topological polar surface area (TPSA) is 128 Å². The van der Waals surface area contributed by atoms with E-state index in [0.29, 0.717) is 11.8 Å². The van der Waals surface area contributed by atoms with Crippen molar-refractivity contribution in [2.45, 2.75) is 62.7 Å². The van der Waals surface area contributed by atoms with Gasteiger partial charge in [-0.3, -0.25) is 15.5 Å². The van der Waals surface area contributed by atoms with E-state index in [1.807, 2.05) is 0 Å². The van der Waals surface area contributed by atoms with E-state index in [1.165, 1.54) is 50.7 Å². The summed E-state index contributed by atoms with van der Waals surface area (Å²) in [6.45, 7) is 0. The number of sulfonamides is 1. The number of anilines is 1. The predicted molar refractivity (Wildman–Crippen MR) is 104 cm³/mol. The SMILES string of the molecule is NS(=O)(=O)c1ccc(NN=C2CCCC[C@@H]2C2CCCCC2)c([N+](=O)[O-])c1. The molecule has 1 aromatic carbocycles. The number of nitrogens with zero attached hydrogens (tertiary/aromatic N) is 2. The standard InChI is InChI=1S/C18H26N4O4S/c19-27(25,26)14-10-11-17(18(12-14)22(23)24)21-20-16-9-5-4-8-15(16)13-6-2-1-3-7-13/h10-13,15,21H,1-9H2,(H2,19,25,26)/t15-/m1/s1. The van der Waals surface area contributed by atoms with E-state index in [9.17, 15) is 18.5 Å². The zero-order valence-corrected chi connectivity index (χ0v) is 16.1. The van der Waals surface area contributed by atoms with Crippen LogP contribution in [0.5, 0.6) is 0 Å². The minimum Gasteiger partial charge on any atom is -0.272 e. The van der Waals surface area contributed by atoms with Gasteiger partial charge in [-0.25, -0.2) is 13.6 Å². The van der Waals surface area contributed by atoms with Crippen molar-refractivity contribution in [1.29, 1.82) is 0 Å². The summed E-state index contributed by atoms with van der Waals surface area (Å²) >= 11 is 0. The largest absolute Gasteiger partial charge is 0.295 e. The Morgan fingerprint density at radius 3 is 2.48 bits per heavy atom. The number of primary sulfonamides is 1. The second-order valence-corrected chi connectivity index (χ2v) is 9.01. The van der Waals surface area contributed by atoms with Gasteiger partial charge in [0.15, 0.2) is 0 Å². The van der Waals surface area contributed by atoms with Gasteiger partial charge in [0.1, 0.15) is 5.69 Å². The summed E-state index contributed by atoms with van der Waals surface area (Å²) in [5.74, 6) is 1.09. The molecule has 3 rings (SSSR count). The molecule has 0 spiro atoms. The second kappa shape index (κ2) is 8.35. The van der Waals surface area contributed by atoms with Crippen molar-refractivity contribution in [3.63, 3.8) is 0 Å². The first-order valence-corrected chi connectivity index (χ1v) is 11.0. The first-order valence-electron chi connectivity index (χ1n) is 9.50. The molecule has 27 heavy (non-hydrogen) atoms. The van der Waals surface area contributed by atoms with Crippen molar-refractivity contribution in [1.82, 2.24) is 0 Å². The molecule has 8 nitrogen and oxygen atoms in total. The number of hydrogen-bond acceptors (Lipinski definition) is 6. The summed E-state index contributed by atoms with van der Waals surface area (Å²) in [4.78, 5) is 10.4. The molecule has 0 saturated heterocycles. The van der Waals surface area contributed by atoms with Crippen LogP contribution >= 0.6 is 0 Å². The molecule has 2 aliphatic carbocycles. The molecule has 0 aliphatic heterocycles. The molecule has 0 amide bonds. The van der Waals surface area contributed by atoms with Crippen LogP contribution in [-0.2, 0) is 10.0 Å². The van der Waals surface area contributed by atoms with Gasteiger partial charge in [0.2, 0.25) is 10.0 Å². The Kier molecular flexibility index (Phi) is 6.11. The molecular weight excluding hydrogens is 368 g/mol. The molecule has 2 saturated carbocycles. The zero-order chi connectivity index (χ0) is 19.4. The second-order valence-electron chi connectivity index (χ2n) is 7.45. The number of nitrogens with two attached hydrogens (primary N) is 1. The molecule has 0 bridgehead atoms. The van der Waals surface area contributed by atoms with Crippen LogP contribution in [-0.4, -0.2) is 19.1 Å².